The fourth-order valence-corrected chi connectivity index (χ4v) is 10.5. The number of aliphatic hydroxyl groups is 2. The summed E-state index contributed by atoms with van der Waals surface area (Å²) in [6.07, 6.45) is 10.5. The average molecular weight is 459 g/mol. The topological polar surface area (TPSA) is 77.8 Å². The number of carbonyl (C=O) groups is 1. The highest BCUT2D eigenvalue weighted by Crippen LogP contribution is 2.72. The number of hydrogen-bond donors (Lipinski definition) is 3. The van der Waals surface area contributed by atoms with Crippen molar-refractivity contribution >= 4 is 5.97 Å². The van der Waals surface area contributed by atoms with Crippen LogP contribution in [0.5, 0.6) is 0 Å². The Morgan fingerprint density at radius 2 is 1.55 bits per heavy atom. The zero-order valence-corrected chi connectivity index (χ0v) is 21.7. The number of carboxylic acid groups (broad SMARTS) is 1. The van der Waals surface area contributed by atoms with Gasteiger partial charge in [0, 0.05) is 5.92 Å². The number of rotatable bonds is 1. The minimum atomic E-state index is -0.984. The molecule has 0 radical (unpaired) electrons. The predicted octanol–water partition coefficient (Wildman–Crippen LogP) is 5.81. The smallest absolute Gasteiger partial charge is 0.310 e. The van der Waals surface area contributed by atoms with Crippen molar-refractivity contribution in [3.05, 3.63) is 11.6 Å². The largest absolute Gasteiger partial charge is 0.481 e. The predicted molar refractivity (Wildman–Crippen MR) is 129 cm³/mol. The number of carboxylic acids is 1. The van der Waals surface area contributed by atoms with Crippen molar-refractivity contribution < 1.29 is 20.1 Å². The molecule has 0 bridgehead atoms. The summed E-state index contributed by atoms with van der Waals surface area (Å²) in [6.45, 7) is 13.5. The molecule has 5 rings (SSSR count). The molecule has 0 aromatic carbocycles. The third kappa shape index (κ3) is 2.86. The van der Waals surface area contributed by atoms with Gasteiger partial charge in [0.2, 0.25) is 0 Å². The first-order valence-electron chi connectivity index (χ1n) is 13.6. The molecule has 0 saturated heterocycles. The Morgan fingerprint density at radius 3 is 2.21 bits per heavy atom. The van der Waals surface area contributed by atoms with Crippen molar-refractivity contribution in [2.45, 2.75) is 111 Å². The second-order valence-electron chi connectivity index (χ2n) is 14.1. The molecule has 4 saturated carbocycles. The van der Waals surface area contributed by atoms with Crippen molar-refractivity contribution in [3.8, 4) is 0 Å². The molecule has 3 N–H and O–H groups in total. The van der Waals surface area contributed by atoms with Crippen molar-refractivity contribution in [1.82, 2.24) is 0 Å². The molecule has 0 amide bonds. The molecular weight excluding hydrogens is 412 g/mol. The van der Waals surface area contributed by atoms with E-state index in [2.05, 4.69) is 40.7 Å². The van der Waals surface area contributed by atoms with E-state index in [1.54, 1.807) is 0 Å². The van der Waals surface area contributed by atoms with Gasteiger partial charge >= 0.3 is 5.97 Å². The average Bonchev–Trinajstić information content (AvgIpc) is 2.73. The van der Waals surface area contributed by atoms with Crippen LogP contribution in [0.2, 0.25) is 0 Å². The van der Waals surface area contributed by atoms with Crippen LogP contribution >= 0.6 is 0 Å². The van der Waals surface area contributed by atoms with Crippen LogP contribution in [0.1, 0.15) is 99.3 Å². The van der Waals surface area contributed by atoms with Gasteiger partial charge in [-0.25, -0.2) is 0 Å². The molecule has 10 unspecified atom stereocenters. The van der Waals surface area contributed by atoms with Crippen molar-refractivity contribution in [3.63, 3.8) is 0 Å². The van der Waals surface area contributed by atoms with Gasteiger partial charge in [-0.15, -0.1) is 0 Å². The maximum atomic E-state index is 12.7. The monoisotopic (exact) mass is 458 g/mol. The van der Waals surface area contributed by atoms with Gasteiger partial charge < -0.3 is 15.3 Å². The number of aliphatic carboxylic acids is 1. The minimum absolute atomic E-state index is 0.0637. The number of fused-ring (bicyclic) bond motifs is 7. The molecule has 4 fully saturated rings. The molecule has 33 heavy (non-hydrogen) atoms. The van der Waals surface area contributed by atoms with Crippen LogP contribution in [0.3, 0.4) is 0 Å². The molecule has 0 aliphatic heterocycles. The number of aliphatic hydroxyl groups excluding tert-OH is 1. The van der Waals surface area contributed by atoms with E-state index in [9.17, 15) is 20.1 Å². The van der Waals surface area contributed by atoms with Crippen molar-refractivity contribution in [1.29, 1.82) is 0 Å². The zero-order chi connectivity index (χ0) is 24.2. The van der Waals surface area contributed by atoms with Gasteiger partial charge in [-0.05, 0) is 105 Å². The van der Waals surface area contributed by atoms with Crippen molar-refractivity contribution in [2.75, 3.05) is 0 Å². The molecule has 0 aromatic heterocycles. The van der Waals surface area contributed by atoms with Crippen LogP contribution < -0.4 is 0 Å². The van der Waals surface area contributed by atoms with Gasteiger partial charge in [0.1, 0.15) is 0 Å². The second kappa shape index (κ2) is 7.09. The molecule has 0 aromatic rings. The third-order valence-corrected chi connectivity index (χ3v) is 12.7. The Bertz CT molecular complexity index is 873. The first kappa shape index (κ1) is 23.9. The molecule has 0 spiro atoms. The number of hydrogen-bond acceptors (Lipinski definition) is 3. The minimum Gasteiger partial charge on any atom is -0.481 e. The fourth-order valence-electron chi connectivity index (χ4n) is 10.5. The Hall–Kier alpha value is -0.870. The molecule has 4 heteroatoms. The van der Waals surface area contributed by atoms with Crippen LogP contribution in [0.15, 0.2) is 11.6 Å². The van der Waals surface area contributed by atoms with Crippen molar-refractivity contribution in [2.24, 2.45) is 51.2 Å². The summed E-state index contributed by atoms with van der Waals surface area (Å²) in [5.41, 5.74) is -0.263. The highest BCUT2D eigenvalue weighted by atomic mass is 16.4. The van der Waals surface area contributed by atoms with Gasteiger partial charge in [0.05, 0.1) is 17.1 Å². The Kier molecular flexibility index (Phi) is 5.13. The van der Waals surface area contributed by atoms with Crippen LogP contribution in [0, 0.1) is 51.2 Å². The maximum absolute atomic E-state index is 12.7. The molecule has 5 aliphatic carbocycles. The lowest BCUT2D eigenvalue weighted by Crippen LogP contribution is -2.65. The summed E-state index contributed by atoms with van der Waals surface area (Å²) in [4.78, 5) is 12.7. The van der Waals surface area contributed by atoms with E-state index in [0.717, 1.165) is 44.9 Å². The van der Waals surface area contributed by atoms with Gasteiger partial charge in [-0.3, -0.25) is 4.79 Å². The Balaban J connectivity index is 1.59. The van der Waals surface area contributed by atoms with Crippen LogP contribution in [-0.2, 0) is 4.79 Å². The van der Waals surface area contributed by atoms with E-state index >= 15 is 0 Å². The molecule has 10 atom stereocenters. The first-order chi connectivity index (χ1) is 15.2. The van der Waals surface area contributed by atoms with E-state index in [1.165, 1.54) is 5.57 Å². The molecule has 4 nitrogen and oxygen atoms in total. The molecule has 0 heterocycles. The van der Waals surface area contributed by atoms with Crippen LogP contribution in [0.4, 0.5) is 0 Å². The quantitative estimate of drug-likeness (QED) is 0.433. The summed E-state index contributed by atoms with van der Waals surface area (Å²) in [5, 5.41) is 33.1. The van der Waals surface area contributed by atoms with Gasteiger partial charge in [-0.1, -0.05) is 46.3 Å². The van der Waals surface area contributed by atoms with E-state index in [0.29, 0.717) is 30.6 Å². The van der Waals surface area contributed by atoms with Crippen LogP contribution in [-0.4, -0.2) is 33.0 Å². The lowest BCUT2D eigenvalue weighted by atomic mass is 9.36. The zero-order valence-electron chi connectivity index (χ0n) is 21.7. The molecular formula is C29H46O4. The summed E-state index contributed by atoms with van der Waals surface area (Å²) in [5.74, 6) is 0.545. The summed E-state index contributed by atoms with van der Waals surface area (Å²) in [6, 6.07) is 0. The van der Waals surface area contributed by atoms with E-state index < -0.39 is 17.0 Å². The third-order valence-electron chi connectivity index (χ3n) is 12.7. The van der Waals surface area contributed by atoms with Gasteiger partial charge in [-0.2, -0.15) is 0 Å². The van der Waals surface area contributed by atoms with E-state index in [1.807, 2.05) is 6.92 Å². The number of allylic oxidation sites excluding steroid dienone is 1. The maximum Gasteiger partial charge on any atom is 0.310 e. The lowest BCUT2D eigenvalue weighted by Gasteiger charge is -2.68. The second-order valence-corrected chi connectivity index (χ2v) is 14.1. The summed E-state index contributed by atoms with van der Waals surface area (Å²) >= 11 is 0. The van der Waals surface area contributed by atoms with Gasteiger partial charge in [0.25, 0.3) is 0 Å². The Morgan fingerprint density at radius 1 is 0.909 bits per heavy atom. The normalized spacial score (nSPS) is 55.3. The SMILES string of the molecule is CC1CCC2(C(=O)O)CCC3C(=CCC4C3(C)CCC3C(C)(C)C(O)CCC34C)C2C1(C)O. The first-order valence-corrected chi connectivity index (χ1v) is 13.6. The fraction of sp³-hybridized carbons (Fsp3) is 0.897. The molecule has 186 valence electrons. The van der Waals surface area contributed by atoms with Crippen LogP contribution in [0.25, 0.3) is 0 Å². The van der Waals surface area contributed by atoms with E-state index in [-0.39, 0.29) is 34.2 Å². The van der Waals surface area contributed by atoms with Gasteiger partial charge in [0.15, 0.2) is 0 Å². The Labute approximate surface area is 200 Å². The lowest BCUT2D eigenvalue weighted by molar-refractivity contribution is -0.201. The molecule has 5 aliphatic rings. The summed E-state index contributed by atoms with van der Waals surface area (Å²) < 4.78 is 0. The standard InChI is InChI=1S/C29H46O4/c1-17-9-15-29(24(31)32)16-10-19-18(23(29)28(17,6)33)7-8-21-26(19,4)13-11-20-25(2,3)22(30)12-14-27(20,21)5/h7,17,19-23,30,33H,8-16H2,1-6H3,(H,31,32). The highest BCUT2D eigenvalue weighted by Gasteiger charge is 2.68. The highest BCUT2D eigenvalue weighted by molar-refractivity contribution is 5.77. The summed E-state index contributed by atoms with van der Waals surface area (Å²) in [7, 11) is 0. The van der Waals surface area contributed by atoms with E-state index in [4.69, 9.17) is 0 Å².